The molecule has 0 unspecified atom stereocenters. The number of hydrogen-bond acceptors (Lipinski definition) is 5. The SMILES string of the molecule is CCOc1cc(/C=C2\SC(=O)NC2=O)ccc1OC. The highest BCUT2D eigenvalue weighted by atomic mass is 32.2. The number of rotatable bonds is 4. The minimum absolute atomic E-state index is 0.352. The molecule has 0 atom stereocenters. The lowest BCUT2D eigenvalue weighted by atomic mass is 10.2. The molecular formula is C13H13NO4S. The fourth-order valence-corrected chi connectivity index (χ4v) is 2.31. The van der Waals surface area contributed by atoms with Crippen molar-refractivity contribution in [1.82, 2.24) is 5.32 Å². The van der Waals surface area contributed by atoms with Crippen LogP contribution < -0.4 is 14.8 Å². The van der Waals surface area contributed by atoms with Crippen LogP contribution in [0.15, 0.2) is 23.1 Å². The Bertz CT molecular complexity index is 554. The number of hydrogen-bond donors (Lipinski definition) is 1. The largest absolute Gasteiger partial charge is 0.493 e. The van der Waals surface area contributed by atoms with Crippen LogP contribution in [0.4, 0.5) is 4.79 Å². The third kappa shape index (κ3) is 3.08. The standard InChI is InChI=1S/C13H13NO4S/c1-3-18-10-6-8(4-5-9(10)17-2)7-11-12(15)14-13(16)19-11/h4-7H,3H2,1-2H3,(H,14,15,16)/b11-7-. The van der Waals surface area contributed by atoms with Crippen molar-refractivity contribution in [3.63, 3.8) is 0 Å². The molecule has 0 saturated carbocycles. The van der Waals surface area contributed by atoms with Crippen molar-refractivity contribution in [3.05, 3.63) is 28.7 Å². The zero-order chi connectivity index (χ0) is 13.8. The lowest BCUT2D eigenvalue weighted by Crippen LogP contribution is -2.17. The number of thioether (sulfide) groups is 1. The third-order valence-electron chi connectivity index (χ3n) is 2.43. The van der Waals surface area contributed by atoms with Gasteiger partial charge in [-0.2, -0.15) is 0 Å². The number of methoxy groups -OCH3 is 1. The van der Waals surface area contributed by atoms with E-state index in [0.29, 0.717) is 23.0 Å². The molecule has 0 aliphatic carbocycles. The molecule has 0 radical (unpaired) electrons. The summed E-state index contributed by atoms with van der Waals surface area (Å²) in [5, 5.41) is 1.86. The van der Waals surface area contributed by atoms with E-state index in [1.54, 1.807) is 31.4 Å². The molecule has 5 nitrogen and oxygen atoms in total. The molecule has 1 aliphatic heterocycles. The smallest absolute Gasteiger partial charge is 0.290 e. The van der Waals surface area contributed by atoms with Gasteiger partial charge in [0.15, 0.2) is 11.5 Å². The van der Waals surface area contributed by atoms with E-state index in [2.05, 4.69) is 5.32 Å². The fourth-order valence-electron chi connectivity index (χ4n) is 1.62. The van der Waals surface area contributed by atoms with Gasteiger partial charge >= 0.3 is 0 Å². The van der Waals surface area contributed by atoms with Crippen LogP contribution in [0.1, 0.15) is 12.5 Å². The Morgan fingerprint density at radius 2 is 2.11 bits per heavy atom. The van der Waals surface area contributed by atoms with E-state index in [1.165, 1.54) is 0 Å². The summed E-state index contributed by atoms with van der Waals surface area (Å²) in [5.41, 5.74) is 0.775. The summed E-state index contributed by atoms with van der Waals surface area (Å²) in [4.78, 5) is 22.9. The van der Waals surface area contributed by atoms with Crippen LogP contribution in [0.3, 0.4) is 0 Å². The minimum Gasteiger partial charge on any atom is -0.493 e. The molecule has 2 amide bonds. The van der Waals surface area contributed by atoms with Gasteiger partial charge in [0.2, 0.25) is 0 Å². The van der Waals surface area contributed by atoms with E-state index in [9.17, 15) is 9.59 Å². The highest BCUT2D eigenvalue weighted by molar-refractivity contribution is 8.18. The second-order valence-electron chi connectivity index (χ2n) is 3.70. The predicted octanol–water partition coefficient (Wildman–Crippen LogP) is 2.42. The van der Waals surface area contributed by atoms with Gasteiger partial charge in [0.25, 0.3) is 11.1 Å². The van der Waals surface area contributed by atoms with Gasteiger partial charge in [-0.05, 0) is 42.5 Å². The van der Waals surface area contributed by atoms with Crippen molar-refractivity contribution in [1.29, 1.82) is 0 Å². The number of carbonyl (C=O) groups excluding carboxylic acids is 2. The van der Waals surface area contributed by atoms with Crippen LogP contribution >= 0.6 is 11.8 Å². The maximum absolute atomic E-state index is 11.4. The van der Waals surface area contributed by atoms with Gasteiger partial charge in [-0.25, -0.2) is 0 Å². The maximum Gasteiger partial charge on any atom is 0.290 e. The Kier molecular flexibility index (Phi) is 4.11. The van der Waals surface area contributed by atoms with Gasteiger partial charge < -0.3 is 9.47 Å². The highest BCUT2D eigenvalue weighted by Gasteiger charge is 2.25. The molecule has 0 aromatic heterocycles. The highest BCUT2D eigenvalue weighted by Crippen LogP contribution is 2.31. The Morgan fingerprint density at radius 3 is 2.68 bits per heavy atom. The van der Waals surface area contributed by atoms with Crippen LogP contribution in [-0.4, -0.2) is 24.9 Å². The molecule has 1 fully saturated rings. The first-order valence-electron chi connectivity index (χ1n) is 5.69. The molecule has 1 aliphatic rings. The Balaban J connectivity index is 2.31. The second kappa shape index (κ2) is 5.79. The normalized spacial score (nSPS) is 16.6. The zero-order valence-electron chi connectivity index (χ0n) is 10.6. The summed E-state index contributed by atoms with van der Waals surface area (Å²) in [7, 11) is 1.56. The first-order valence-corrected chi connectivity index (χ1v) is 6.51. The van der Waals surface area contributed by atoms with Gasteiger partial charge in [-0.15, -0.1) is 0 Å². The number of amides is 2. The average molecular weight is 279 g/mol. The minimum atomic E-state index is -0.372. The first-order chi connectivity index (χ1) is 9.13. The van der Waals surface area contributed by atoms with Crippen molar-refractivity contribution >= 4 is 29.0 Å². The molecular weight excluding hydrogens is 266 g/mol. The van der Waals surface area contributed by atoms with Crippen LogP contribution in [0.2, 0.25) is 0 Å². The zero-order valence-corrected chi connectivity index (χ0v) is 11.4. The molecule has 1 aromatic rings. The van der Waals surface area contributed by atoms with Crippen molar-refractivity contribution < 1.29 is 19.1 Å². The summed E-state index contributed by atoms with van der Waals surface area (Å²) >= 11 is 0.887. The van der Waals surface area contributed by atoms with Crippen molar-refractivity contribution in [3.8, 4) is 11.5 Å². The van der Waals surface area contributed by atoms with E-state index in [0.717, 1.165) is 17.3 Å². The van der Waals surface area contributed by atoms with Gasteiger partial charge in [-0.1, -0.05) is 6.07 Å². The summed E-state index contributed by atoms with van der Waals surface area (Å²) in [6.45, 7) is 2.40. The third-order valence-corrected chi connectivity index (χ3v) is 3.24. The molecule has 100 valence electrons. The van der Waals surface area contributed by atoms with Crippen LogP contribution in [0.5, 0.6) is 11.5 Å². The van der Waals surface area contributed by atoms with Crippen LogP contribution in [0.25, 0.3) is 6.08 Å². The van der Waals surface area contributed by atoms with E-state index >= 15 is 0 Å². The lowest BCUT2D eigenvalue weighted by molar-refractivity contribution is -0.115. The van der Waals surface area contributed by atoms with Gasteiger partial charge in [0.1, 0.15) is 0 Å². The van der Waals surface area contributed by atoms with E-state index in [4.69, 9.17) is 9.47 Å². The molecule has 6 heteroatoms. The molecule has 19 heavy (non-hydrogen) atoms. The quantitative estimate of drug-likeness (QED) is 0.857. The van der Waals surface area contributed by atoms with Gasteiger partial charge in [-0.3, -0.25) is 14.9 Å². The van der Waals surface area contributed by atoms with Crippen molar-refractivity contribution in [2.24, 2.45) is 0 Å². The number of imide groups is 1. The Hall–Kier alpha value is -1.95. The van der Waals surface area contributed by atoms with Gasteiger partial charge in [0.05, 0.1) is 18.6 Å². The first kappa shape index (κ1) is 13.5. The number of nitrogens with one attached hydrogen (secondary N) is 1. The number of benzene rings is 1. The topological polar surface area (TPSA) is 64.6 Å². The summed E-state index contributed by atoms with van der Waals surface area (Å²) in [6.07, 6.45) is 1.65. The molecule has 1 N–H and O–H groups in total. The predicted molar refractivity (Wildman–Crippen MR) is 73.3 cm³/mol. The molecule has 0 bridgehead atoms. The van der Waals surface area contributed by atoms with Crippen molar-refractivity contribution in [2.45, 2.75) is 6.92 Å². The average Bonchev–Trinajstić information content (AvgIpc) is 2.69. The van der Waals surface area contributed by atoms with E-state index in [-0.39, 0.29) is 11.1 Å². The fraction of sp³-hybridized carbons (Fsp3) is 0.231. The monoisotopic (exact) mass is 279 g/mol. The van der Waals surface area contributed by atoms with Crippen molar-refractivity contribution in [2.75, 3.05) is 13.7 Å². The van der Waals surface area contributed by atoms with E-state index in [1.807, 2.05) is 6.92 Å². The molecule has 1 saturated heterocycles. The number of ether oxygens (including phenoxy) is 2. The van der Waals surface area contributed by atoms with Crippen LogP contribution in [0, 0.1) is 0 Å². The molecule has 2 rings (SSSR count). The summed E-state index contributed by atoms with van der Waals surface area (Å²) in [6, 6.07) is 5.33. The lowest BCUT2D eigenvalue weighted by Gasteiger charge is -2.09. The Labute approximate surface area is 115 Å². The summed E-state index contributed by atoms with van der Waals surface area (Å²) in [5.74, 6) is 0.862. The Morgan fingerprint density at radius 1 is 1.32 bits per heavy atom. The second-order valence-corrected chi connectivity index (χ2v) is 4.71. The molecule has 1 heterocycles. The van der Waals surface area contributed by atoms with Crippen LogP contribution in [-0.2, 0) is 4.79 Å². The number of carbonyl (C=O) groups is 2. The molecule has 0 spiro atoms. The molecule has 1 aromatic carbocycles. The van der Waals surface area contributed by atoms with E-state index < -0.39 is 0 Å². The van der Waals surface area contributed by atoms with Gasteiger partial charge in [0, 0.05) is 0 Å². The summed E-state index contributed by atoms with van der Waals surface area (Å²) < 4.78 is 10.6. The maximum atomic E-state index is 11.4.